The summed E-state index contributed by atoms with van der Waals surface area (Å²) in [6, 6.07) is 63.6. The topological polar surface area (TPSA) is 16.4 Å². The van der Waals surface area contributed by atoms with Crippen molar-refractivity contribution in [1.29, 1.82) is 0 Å². The lowest BCUT2D eigenvalue weighted by Gasteiger charge is -2.26. The number of para-hydroxylation sites is 1. The molecular formula is C48H29NOS2. The van der Waals surface area contributed by atoms with Crippen LogP contribution in [0.15, 0.2) is 180 Å². The van der Waals surface area contributed by atoms with Crippen LogP contribution in [0, 0.1) is 0 Å². The summed E-state index contributed by atoms with van der Waals surface area (Å²) < 4.78 is 11.6. The molecule has 4 heteroatoms. The molecule has 0 aliphatic rings. The molecule has 3 aromatic heterocycles. The third kappa shape index (κ3) is 4.55. The standard InChI is InChI=1S/C48H29NOS2/c1-2-11-30(12-3-1)35-16-8-17-38-39-18-9-19-41(48(39)52-47(35)38)49(33-27-28-37-36-13-4-6-20-42(36)50-43(37)29-33)32-25-23-31(24-26-32)34-15-10-22-45-46(34)40-14-5-7-21-44(40)51-45/h1-29H. The van der Waals surface area contributed by atoms with Crippen LogP contribution in [0.2, 0.25) is 0 Å². The van der Waals surface area contributed by atoms with E-state index in [9.17, 15) is 0 Å². The second kappa shape index (κ2) is 11.7. The van der Waals surface area contributed by atoms with Crippen molar-refractivity contribution in [3.63, 3.8) is 0 Å². The molecule has 0 spiro atoms. The third-order valence-electron chi connectivity index (χ3n) is 10.3. The van der Waals surface area contributed by atoms with Crippen molar-refractivity contribution < 1.29 is 4.42 Å². The lowest BCUT2D eigenvalue weighted by Crippen LogP contribution is -2.10. The first-order chi connectivity index (χ1) is 25.8. The summed E-state index contributed by atoms with van der Waals surface area (Å²) in [6.45, 7) is 0. The number of anilines is 3. The minimum Gasteiger partial charge on any atom is -0.456 e. The molecule has 0 aliphatic carbocycles. The minimum atomic E-state index is 0.881. The van der Waals surface area contributed by atoms with E-state index in [4.69, 9.17) is 4.42 Å². The van der Waals surface area contributed by atoms with Gasteiger partial charge in [-0.15, -0.1) is 22.7 Å². The predicted octanol–water partition coefficient (Wildman–Crippen LogP) is 15.1. The molecule has 3 heterocycles. The maximum atomic E-state index is 6.44. The summed E-state index contributed by atoms with van der Waals surface area (Å²) in [7, 11) is 0. The Balaban J connectivity index is 1.12. The van der Waals surface area contributed by atoms with Gasteiger partial charge < -0.3 is 9.32 Å². The molecule has 0 aliphatic heterocycles. The summed E-state index contributed by atoms with van der Waals surface area (Å²) in [5.74, 6) is 0. The number of furan rings is 1. The maximum Gasteiger partial charge on any atom is 0.137 e. The van der Waals surface area contributed by atoms with Gasteiger partial charge in [-0.2, -0.15) is 0 Å². The van der Waals surface area contributed by atoms with E-state index in [1.165, 1.54) is 62.6 Å². The molecule has 11 aromatic rings. The van der Waals surface area contributed by atoms with Crippen molar-refractivity contribution in [2.45, 2.75) is 0 Å². The fourth-order valence-corrected chi connectivity index (χ4v) is 10.4. The highest BCUT2D eigenvalue weighted by molar-refractivity contribution is 7.27. The molecule has 0 amide bonds. The molecule has 0 unspecified atom stereocenters. The van der Waals surface area contributed by atoms with E-state index in [1.807, 2.05) is 34.8 Å². The number of hydrogen-bond acceptors (Lipinski definition) is 4. The number of thiophene rings is 2. The quantitative estimate of drug-likeness (QED) is 0.178. The van der Waals surface area contributed by atoms with Crippen LogP contribution in [-0.4, -0.2) is 0 Å². The van der Waals surface area contributed by atoms with Gasteiger partial charge in [-0.1, -0.05) is 121 Å². The monoisotopic (exact) mass is 699 g/mol. The predicted molar refractivity (Wildman–Crippen MR) is 225 cm³/mol. The highest BCUT2D eigenvalue weighted by Gasteiger charge is 2.21. The molecule has 0 fully saturated rings. The van der Waals surface area contributed by atoms with Gasteiger partial charge in [-0.05, 0) is 70.8 Å². The summed E-state index contributed by atoms with van der Waals surface area (Å²) in [6.07, 6.45) is 0. The van der Waals surface area contributed by atoms with Crippen molar-refractivity contribution >= 4 is 102 Å². The van der Waals surface area contributed by atoms with Crippen LogP contribution in [0.3, 0.4) is 0 Å². The Morgan fingerprint density at radius 2 is 1.02 bits per heavy atom. The minimum absolute atomic E-state index is 0.881. The fraction of sp³-hybridized carbons (Fsp3) is 0. The Kier molecular flexibility index (Phi) is 6.63. The normalized spacial score (nSPS) is 11.8. The number of hydrogen-bond donors (Lipinski definition) is 0. The fourth-order valence-electron chi connectivity index (χ4n) is 7.91. The van der Waals surface area contributed by atoms with Crippen LogP contribution in [0.4, 0.5) is 17.1 Å². The van der Waals surface area contributed by atoms with E-state index in [2.05, 4.69) is 169 Å². The molecule has 11 rings (SSSR count). The average Bonchev–Trinajstić information content (AvgIpc) is 3.90. The van der Waals surface area contributed by atoms with E-state index < -0.39 is 0 Å². The van der Waals surface area contributed by atoms with Crippen LogP contribution in [0.1, 0.15) is 0 Å². The van der Waals surface area contributed by atoms with Crippen LogP contribution in [0.25, 0.3) is 84.5 Å². The third-order valence-corrected chi connectivity index (χ3v) is 12.7. The van der Waals surface area contributed by atoms with Gasteiger partial charge in [-0.25, -0.2) is 0 Å². The summed E-state index contributed by atoms with van der Waals surface area (Å²) in [5, 5.41) is 7.44. The Morgan fingerprint density at radius 1 is 0.385 bits per heavy atom. The van der Waals surface area contributed by atoms with E-state index in [1.54, 1.807) is 0 Å². The zero-order valence-electron chi connectivity index (χ0n) is 27.9. The molecule has 0 atom stereocenters. The highest BCUT2D eigenvalue weighted by atomic mass is 32.1. The van der Waals surface area contributed by atoms with Gasteiger partial charge >= 0.3 is 0 Å². The Labute approximate surface area is 308 Å². The lowest BCUT2D eigenvalue weighted by atomic mass is 9.99. The van der Waals surface area contributed by atoms with Gasteiger partial charge in [0, 0.05) is 63.9 Å². The number of benzene rings is 8. The number of nitrogens with zero attached hydrogens (tertiary/aromatic N) is 1. The zero-order chi connectivity index (χ0) is 34.2. The molecule has 52 heavy (non-hydrogen) atoms. The Morgan fingerprint density at radius 3 is 1.90 bits per heavy atom. The molecule has 0 saturated heterocycles. The first-order valence-corrected chi connectivity index (χ1v) is 19.1. The van der Waals surface area contributed by atoms with E-state index >= 15 is 0 Å². The second-order valence-corrected chi connectivity index (χ2v) is 15.3. The van der Waals surface area contributed by atoms with Crippen molar-refractivity contribution in [3.05, 3.63) is 176 Å². The number of fused-ring (bicyclic) bond motifs is 9. The summed E-state index contributed by atoms with van der Waals surface area (Å²) in [5.41, 5.74) is 10.0. The van der Waals surface area contributed by atoms with Crippen molar-refractivity contribution in [1.82, 2.24) is 0 Å². The molecule has 0 radical (unpaired) electrons. The lowest BCUT2D eigenvalue weighted by molar-refractivity contribution is 0.669. The molecule has 8 aromatic carbocycles. The smallest absolute Gasteiger partial charge is 0.137 e. The van der Waals surface area contributed by atoms with Gasteiger partial charge in [-0.3, -0.25) is 0 Å². The molecule has 2 nitrogen and oxygen atoms in total. The van der Waals surface area contributed by atoms with Crippen LogP contribution >= 0.6 is 22.7 Å². The number of rotatable bonds is 5. The van der Waals surface area contributed by atoms with Gasteiger partial charge in [0.05, 0.1) is 10.4 Å². The second-order valence-electron chi connectivity index (χ2n) is 13.2. The van der Waals surface area contributed by atoms with E-state index in [-0.39, 0.29) is 0 Å². The highest BCUT2D eigenvalue weighted by Crippen LogP contribution is 2.48. The first-order valence-electron chi connectivity index (χ1n) is 17.5. The van der Waals surface area contributed by atoms with E-state index in [0.29, 0.717) is 0 Å². The average molecular weight is 700 g/mol. The molecule has 0 N–H and O–H groups in total. The zero-order valence-corrected chi connectivity index (χ0v) is 29.5. The largest absolute Gasteiger partial charge is 0.456 e. The SMILES string of the molecule is c1ccc(-c2cccc3c2sc2c(N(c4ccc(-c5cccc6sc7ccccc7c56)cc4)c4ccc5c(c4)oc4ccccc45)cccc23)cc1. The summed E-state index contributed by atoms with van der Waals surface area (Å²) >= 11 is 3.74. The van der Waals surface area contributed by atoms with Crippen molar-refractivity contribution in [2.24, 2.45) is 0 Å². The maximum absolute atomic E-state index is 6.44. The summed E-state index contributed by atoms with van der Waals surface area (Å²) in [4.78, 5) is 2.40. The van der Waals surface area contributed by atoms with Gasteiger partial charge in [0.15, 0.2) is 0 Å². The van der Waals surface area contributed by atoms with Crippen LogP contribution in [0.5, 0.6) is 0 Å². The Bertz CT molecular complexity index is 3130. The van der Waals surface area contributed by atoms with Crippen molar-refractivity contribution in [2.75, 3.05) is 4.90 Å². The van der Waals surface area contributed by atoms with E-state index in [0.717, 1.165) is 39.0 Å². The van der Waals surface area contributed by atoms with Gasteiger partial charge in [0.1, 0.15) is 11.2 Å². The molecule has 0 bridgehead atoms. The Hall–Kier alpha value is -6.20. The molecule has 244 valence electrons. The van der Waals surface area contributed by atoms with Crippen molar-refractivity contribution in [3.8, 4) is 22.3 Å². The first kappa shape index (κ1) is 29.5. The van der Waals surface area contributed by atoms with Gasteiger partial charge in [0.25, 0.3) is 0 Å². The van der Waals surface area contributed by atoms with Crippen LogP contribution < -0.4 is 4.90 Å². The molecular weight excluding hydrogens is 671 g/mol. The van der Waals surface area contributed by atoms with Crippen LogP contribution in [-0.2, 0) is 0 Å². The van der Waals surface area contributed by atoms with Gasteiger partial charge in [0.2, 0.25) is 0 Å². The molecule has 0 saturated carbocycles.